The van der Waals surface area contributed by atoms with Gasteiger partial charge in [0.15, 0.2) is 0 Å². The molecule has 112 valence electrons. The molecule has 0 aliphatic carbocycles. The molecule has 1 N–H and O–H groups in total. The van der Waals surface area contributed by atoms with Crippen LogP contribution < -0.4 is 10.1 Å². The van der Waals surface area contributed by atoms with E-state index in [1.807, 2.05) is 7.05 Å². The molecule has 21 heavy (non-hydrogen) atoms. The van der Waals surface area contributed by atoms with Gasteiger partial charge in [-0.25, -0.2) is 0 Å². The Bertz CT molecular complexity index is 646. The van der Waals surface area contributed by atoms with Gasteiger partial charge in [0, 0.05) is 0 Å². The van der Waals surface area contributed by atoms with Crippen molar-refractivity contribution < 1.29 is 4.74 Å². The standard InChI is InChI=1S/C19H25NO/c1-12-7-8-16(9-13(12)2)19(20-5)17-10-15(4)18(21-6)11-14(17)3/h7-11,19-20H,1-6H3. The third kappa shape index (κ3) is 3.11. The van der Waals surface area contributed by atoms with Crippen LogP contribution in [0.25, 0.3) is 0 Å². The highest BCUT2D eigenvalue weighted by Crippen LogP contribution is 2.30. The lowest BCUT2D eigenvalue weighted by Crippen LogP contribution is -2.19. The molecule has 0 bridgehead atoms. The summed E-state index contributed by atoms with van der Waals surface area (Å²) in [6.07, 6.45) is 0. The number of hydrogen-bond acceptors (Lipinski definition) is 2. The van der Waals surface area contributed by atoms with E-state index < -0.39 is 0 Å². The number of ether oxygens (including phenoxy) is 1. The van der Waals surface area contributed by atoms with Gasteiger partial charge in [-0.3, -0.25) is 0 Å². The van der Waals surface area contributed by atoms with E-state index in [2.05, 4.69) is 63.3 Å². The highest BCUT2D eigenvalue weighted by Gasteiger charge is 2.16. The Morgan fingerprint density at radius 2 is 1.57 bits per heavy atom. The van der Waals surface area contributed by atoms with Gasteiger partial charge in [0.1, 0.15) is 5.75 Å². The number of rotatable bonds is 4. The van der Waals surface area contributed by atoms with Crippen molar-refractivity contribution in [1.82, 2.24) is 5.32 Å². The molecule has 1 unspecified atom stereocenters. The highest BCUT2D eigenvalue weighted by molar-refractivity contribution is 5.46. The molecule has 0 fully saturated rings. The summed E-state index contributed by atoms with van der Waals surface area (Å²) in [7, 11) is 3.74. The van der Waals surface area contributed by atoms with Crippen molar-refractivity contribution in [1.29, 1.82) is 0 Å². The number of hydrogen-bond donors (Lipinski definition) is 1. The molecule has 0 aromatic heterocycles. The lowest BCUT2D eigenvalue weighted by molar-refractivity contribution is 0.411. The zero-order valence-electron chi connectivity index (χ0n) is 13.9. The zero-order valence-corrected chi connectivity index (χ0v) is 13.9. The summed E-state index contributed by atoms with van der Waals surface area (Å²) in [5, 5.41) is 3.45. The molecule has 2 aromatic rings. The summed E-state index contributed by atoms with van der Waals surface area (Å²) >= 11 is 0. The second kappa shape index (κ2) is 6.31. The minimum absolute atomic E-state index is 0.203. The van der Waals surface area contributed by atoms with Crippen molar-refractivity contribution in [3.8, 4) is 5.75 Å². The number of nitrogens with one attached hydrogen (secondary N) is 1. The van der Waals surface area contributed by atoms with Crippen molar-refractivity contribution in [2.45, 2.75) is 33.7 Å². The normalized spacial score (nSPS) is 12.3. The van der Waals surface area contributed by atoms with Gasteiger partial charge >= 0.3 is 0 Å². The molecule has 0 amide bonds. The maximum absolute atomic E-state index is 5.41. The number of benzene rings is 2. The van der Waals surface area contributed by atoms with Gasteiger partial charge in [-0.05, 0) is 74.2 Å². The molecule has 0 heterocycles. The van der Waals surface area contributed by atoms with Crippen LogP contribution in [0.3, 0.4) is 0 Å². The van der Waals surface area contributed by atoms with E-state index in [4.69, 9.17) is 4.74 Å². The third-order valence-corrected chi connectivity index (χ3v) is 4.25. The molecule has 2 rings (SSSR count). The predicted octanol–water partition coefficient (Wildman–Crippen LogP) is 4.24. The summed E-state index contributed by atoms with van der Waals surface area (Å²) in [5.41, 5.74) is 7.68. The molecule has 0 aliphatic heterocycles. The number of methoxy groups -OCH3 is 1. The maximum Gasteiger partial charge on any atom is 0.122 e. The average molecular weight is 283 g/mol. The first kappa shape index (κ1) is 15.6. The van der Waals surface area contributed by atoms with Gasteiger partial charge in [-0.1, -0.05) is 24.3 Å². The molecule has 0 radical (unpaired) electrons. The summed E-state index contributed by atoms with van der Waals surface area (Å²) in [6, 6.07) is 11.2. The van der Waals surface area contributed by atoms with E-state index in [1.54, 1.807) is 7.11 Å². The fourth-order valence-electron chi connectivity index (χ4n) is 2.79. The van der Waals surface area contributed by atoms with E-state index >= 15 is 0 Å². The van der Waals surface area contributed by atoms with Gasteiger partial charge in [-0.15, -0.1) is 0 Å². The quantitative estimate of drug-likeness (QED) is 0.906. The lowest BCUT2D eigenvalue weighted by Gasteiger charge is -2.22. The third-order valence-electron chi connectivity index (χ3n) is 4.25. The largest absolute Gasteiger partial charge is 0.496 e. The van der Waals surface area contributed by atoms with Crippen LogP contribution in [0.1, 0.15) is 39.4 Å². The predicted molar refractivity (Wildman–Crippen MR) is 89.3 cm³/mol. The zero-order chi connectivity index (χ0) is 15.6. The van der Waals surface area contributed by atoms with Crippen LogP contribution in [0.4, 0.5) is 0 Å². The lowest BCUT2D eigenvalue weighted by atomic mass is 9.91. The van der Waals surface area contributed by atoms with Crippen LogP contribution in [0, 0.1) is 27.7 Å². The Kier molecular flexibility index (Phi) is 4.69. The SMILES string of the molecule is CNC(c1ccc(C)c(C)c1)c1cc(C)c(OC)cc1C. The minimum Gasteiger partial charge on any atom is -0.496 e. The fourth-order valence-corrected chi connectivity index (χ4v) is 2.79. The molecule has 2 heteroatoms. The van der Waals surface area contributed by atoms with Gasteiger partial charge in [0.05, 0.1) is 13.2 Å². The Morgan fingerprint density at radius 1 is 0.857 bits per heavy atom. The van der Waals surface area contributed by atoms with Gasteiger partial charge in [0.2, 0.25) is 0 Å². The van der Waals surface area contributed by atoms with Crippen LogP contribution in [-0.2, 0) is 0 Å². The van der Waals surface area contributed by atoms with Gasteiger partial charge in [0.25, 0.3) is 0 Å². The number of aryl methyl sites for hydroxylation is 4. The molecule has 2 aromatic carbocycles. The molecule has 0 saturated carbocycles. The topological polar surface area (TPSA) is 21.3 Å². The monoisotopic (exact) mass is 283 g/mol. The molecule has 1 atom stereocenters. The molecule has 2 nitrogen and oxygen atoms in total. The van der Waals surface area contributed by atoms with Gasteiger partial charge in [-0.2, -0.15) is 0 Å². The second-order valence-corrected chi connectivity index (χ2v) is 5.74. The average Bonchev–Trinajstić information content (AvgIpc) is 2.46. The van der Waals surface area contributed by atoms with E-state index in [0.717, 1.165) is 5.75 Å². The van der Waals surface area contributed by atoms with Crippen molar-refractivity contribution in [2.24, 2.45) is 0 Å². The molecule has 0 spiro atoms. The van der Waals surface area contributed by atoms with Crippen LogP contribution in [-0.4, -0.2) is 14.2 Å². The van der Waals surface area contributed by atoms with Crippen LogP contribution in [0.2, 0.25) is 0 Å². The van der Waals surface area contributed by atoms with Crippen LogP contribution >= 0.6 is 0 Å². The summed E-state index contributed by atoms with van der Waals surface area (Å²) in [5.74, 6) is 0.950. The van der Waals surface area contributed by atoms with Crippen LogP contribution in [0.15, 0.2) is 30.3 Å². The van der Waals surface area contributed by atoms with Crippen molar-refractivity contribution >= 4 is 0 Å². The fraction of sp³-hybridized carbons (Fsp3) is 0.368. The van der Waals surface area contributed by atoms with E-state index in [1.165, 1.54) is 33.4 Å². The van der Waals surface area contributed by atoms with E-state index in [9.17, 15) is 0 Å². The molecule has 0 aliphatic rings. The molecular formula is C19H25NO. The van der Waals surface area contributed by atoms with Gasteiger partial charge < -0.3 is 10.1 Å². The molecule has 0 saturated heterocycles. The highest BCUT2D eigenvalue weighted by atomic mass is 16.5. The maximum atomic E-state index is 5.41. The van der Waals surface area contributed by atoms with Crippen molar-refractivity contribution in [3.63, 3.8) is 0 Å². The summed E-state index contributed by atoms with van der Waals surface area (Å²) < 4.78 is 5.41. The Morgan fingerprint density at radius 3 is 2.14 bits per heavy atom. The smallest absolute Gasteiger partial charge is 0.122 e. The Balaban J connectivity index is 2.50. The van der Waals surface area contributed by atoms with Crippen molar-refractivity contribution in [2.75, 3.05) is 14.2 Å². The summed E-state index contributed by atoms with van der Waals surface area (Å²) in [4.78, 5) is 0. The Labute approximate surface area is 128 Å². The van der Waals surface area contributed by atoms with E-state index in [0.29, 0.717) is 0 Å². The van der Waals surface area contributed by atoms with Crippen LogP contribution in [0.5, 0.6) is 5.75 Å². The van der Waals surface area contributed by atoms with Crippen molar-refractivity contribution in [3.05, 3.63) is 63.7 Å². The first-order valence-corrected chi connectivity index (χ1v) is 7.37. The first-order valence-electron chi connectivity index (χ1n) is 7.37. The summed E-state index contributed by atoms with van der Waals surface area (Å²) in [6.45, 7) is 8.55. The molecular weight excluding hydrogens is 258 g/mol. The first-order chi connectivity index (χ1) is 9.97. The second-order valence-electron chi connectivity index (χ2n) is 5.74. The minimum atomic E-state index is 0.203. The Hall–Kier alpha value is -1.80. The van der Waals surface area contributed by atoms with E-state index in [-0.39, 0.29) is 6.04 Å².